The average molecular weight is 989 g/mol. The first-order valence-electron chi connectivity index (χ1n) is 25.3. The third-order valence-electron chi connectivity index (χ3n) is 14.6. The topological polar surface area (TPSA) is 178 Å². The summed E-state index contributed by atoms with van der Waals surface area (Å²) in [7, 11) is 0. The number of carboxylic acids is 2. The molecule has 2 fully saturated rings. The molecule has 4 aromatic rings. The number of carbonyl (C=O) groups is 5. The Labute approximate surface area is 426 Å². The van der Waals surface area contributed by atoms with Crippen LogP contribution in [0.25, 0.3) is 0 Å². The van der Waals surface area contributed by atoms with Crippen molar-refractivity contribution < 1.29 is 53.1 Å². The van der Waals surface area contributed by atoms with Gasteiger partial charge >= 0.3 is 11.9 Å². The van der Waals surface area contributed by atoms with Gasteiger partial charge in [-0.2, -0.15) is 0 Å². The number of nitrogens with one attached hydrogen (secondary N) is 1. The number of carboxylic acid groups (broad SMARTS) is 2. The number of hydrogen-bond donors (Lipinski definition) is 3. The van der Waals surface area contributed by atoms with E-state index in [1.807, 2.05) is 50.2 Å². The number of ketones is 2. The van der Waals surface area contributed by atoms with E-state index in [1.165, 1.54) is 22.5 Å². The lowest BCUT2D eigenvalue weighted by atomic mass is 9.84. The van der Waals surface area contributed by atoms with Crippen molar-refractivity contribution in [1.29, 1.82) is 0 Å². The lowest BCUT2D eigenvalue weighted by Crippen LogP contribution is -2.42. The molecule has 0 bridgehead atoms. The van der Waals surface area contributed by atoms with Gasteiger partial charge in [0.05, 0.1) is 17.3 Å². The van der Waals surface area contributed by atoms with Crippen LogP contribution in [0.4, 0.5) is 11.4 Å². The van der Waals surface area contributed by atoms with Crippen molar-refractivity contribution in [3.05, 3.63) is 106 Å². The molecular formula is C59H76N2O11. The van der Waals surface area contributed by atoms with Gasteiger partial charge in [0.1, 0.15) is 17.9 Å². The van der Waals surface area contributed by atoms with E-state index >= 15 is 0 Å². The number of rotatable bonds is 15. The minimum atomic E-state index is -0.924. The highest BCUT2D eigenvalue weighted by molar-refractivity contribution is 5.95. The van der Waals surface area contributed by atoms with Crippen molar-refractivity contribution in [3.8, 4) is 23.0 Å². The first-order valence-corrected chi connectivity index (χ1v) is 25.3. The summed E-state index contributed by atoms with van der Waals surface area (Å²) in [5.74, 6) is 1.89. The van der Waals surface area contributed by atoms with Gasteiger partial charge in [0.15, 0.2) is 23.0 Å². The van der Waals surface area contributed by atoms with Gasteiger partial charge in [-0.15, -0.1) is 0 Å². The van der Waals surface area contributed by atoms with Crippen LogP contribution in [0.5, 0.6) is 23.0 Å². The molecule has 4 aromatic carbocycles. The van der Waals surface area contributed by atoms with Crippen LogP contribution in [0, 0.1) is 10.8 Å². The number of aldehydes is 1. The summed E-state index contributed by atoms with van der Waals surface area (Å²) in [5.41, 5.74) is 8.78. The smallest absolute Gasteiger partial charge is 0.303 e. The fraction of sp³-hybridized carbons (Fsp3) is 0.508. The Morgan fingerprint density at radius 3 is 1.61 bits per heavy atom. The van der Waals surface area contributed by atoms with E-state index < -0.39 is 17.4 Å². The van der Waals surface area contributed by atoms with Crippen molar-refractivity contribution >= 4 is 41.2 Å². The molecule has 2 saturated carbocycles. The second kappa shape index (κ2) is 22.6. The highest BCUT2D eigenvalue weighted by atomic mass is 16.7. The number of aliphatic carboxylic acids is 2. The van der Waals surface area contributed by atoms with Crippen LogP contribution in [0.3, 0.4) is 0 Å². The second-order valence-corrected chi connectivity index (χ2v) is 21.6. The maximum absolute atomic E-state index is 13.5. The first-order chi connectivity index (χ1) is 33.8. The minimum Gasteiger partial charge on any atom is -0.481 e. The predicted octanol–water partition coefficient (Wildman–Crippen LogP) is 11.3. The fourth-order valence-electron chi connectivity index (χ4n) is 10.2. The number of fused-ring (bicyclic) bond motifs is 4. The van der Waals surface area contributed by atoms with Gasteiger partial charge in [-0.1, -0.05) is 99.2 Å². The summed E-state index contributed by atoms with van der Waals surface area (Å²) in [6, 6.07) is 25.4. The molecule has 13 nitrogen and oxygen atoms in total. The number of anilines is 2. The van der Waals surface area contributed by atoms with Gasteiger partial charge in [-0.05, 0) is 126 Å². The quantitative estimate of drug-likeness (QED) is 0.0960. The monoisotopic (exact) mass is 989 g/mol. The summed E-state index contributed by atoms with van der Waals surface area (Å²) >= 11 is 0. The molecule has 0 aromatic heterocycles. The summed E-state index contributed by atoms with van der Waals surface area (Å²) in [5, 5.41) is 20.6. The molecule has 3 N–H and O–H groups in total. The largest absolute Gasteiger partial charge is 0.481 e. The normalized spacial score (nSPS) is 18.4. The Bertz CT molecular complexity index is 2620. The molecule has 2 aliphatic carbocycles. The maximum Gasteiger partial charge on any atom is 0.303 e. The second-order valence-electron chi connectivity index (χ2n) is 21.6. The SMILES string of the molecule is C.CC.CC(C)(C)C1Cc2cc(CC(=O)C3(c4ccc5c(c4)OCO5)CC3)ccc2N1.CC(C)(C)C1Cc2cc(CC(=O)C3(c4ccc5c(c4)OCO5)CC3)ccc2N1CCCC(=O)O.O=CCCC(=O)O. The molecule has 0 saturated heterocycles. The van der Waals surface area contributed by atoms with Crippen LogP contribution in [0.2, 0.25) is 0 Å². The van der Waals surface area contributed by atoms with Crippen LogP contribution >= 0.6 is 0 Å². The van der Waals surface area contributed by atoms with Gasteiger partial charge in [-0.25, -0.2) is 0 Å². The third-order valence-corrected chi connectivity index (χ3v) is 14.6. The van der Waals surface area contributed by atoms with E-state index in [4.69, 9.17) is 29.2 Å². The first kappa shape index (κ1) is 55.0. The van der Waals surface area contributed by atoms with Crippen molar-refractivity contribution in [2.45, 2.75) is 163 Å². The van der Waals surface area contributed by atoms with Crippen LogP contribution in [-0.2, 0) is 60.5 Å². The molecule has 0 amide bonds. The summed E-state index contributed by atoms with van der Waals surface area (Å²) < 4.78 is 21.9. The van der Waals surface area contributed by atoms with E-state index in [0.717, 1.165) is 90.3 Å². The fourth-order valence-corrected chi connectivity index (χ4v) is 10.2. The Balaban J connectivity index is 0.000000202. The van der Waals surface area contributed by atoms with Gasteiger partial charge in [0.25, 0.3) is 0 Å². The van der Waals surface area contributed by atoms with Crippen LogP contribution in [-0.4, -0.2) is 72.2 Å². The molecule has 72 heavy (non-hydrogen) atoms. The predicted molar refractivity (Wildman–Crippen MR) is 280 cm³/mol. The van der Waals surface area contributed by atoms with E-state index in [9.17, 15) is 24.0 Å². The molecule has 4 heterocycles. The Morgan fingerprint density at radius 1 is 0.653 bits per heavy atom. The van der Waals surface area contributed by atoms with Gasteiger partial charge in [-0.3, -0.25) is 19.2 Å². The third kappa shape index (κ3) is 12.4. The standard InChI is InChI=1S/C28H33NO5.C24H27NO3.C4H6O3.C2H6.CH4/c1-27(2,3)24-15-19-13-18(6-8-21(19)29(24)12-4-5-26(31)32)14-25(30)28(10-11-28)20-7-9-22-23(16-20)34-17-33-22;1-23(2,3)21-12-16-10-15(4-6-18(16)25-21)11-22(26)24(8-9-24)17-5-7-19-20(13-17)28-14-27-19;5-3-1-2-4(6)7;1-2;/h6-9,13,16,24H,4-5,10-12,14-15,17H2,1-3H3,(H,31,32);4-7,10,13,21,25H,8-9,11-12,14H2,1-3H3;3H,1-2H2,(H,6,7);1-2H3;1H4. The molecular weight excluding hydrogens is 913 g/mol. The number of ether oxygens (including phenoxy) is 4. The van der Waals surface area contributed by atoms with E-state index in [2.05, 4.69) is 88.2 Å². The lowest BCUT2D eigenvalue weighted by Gasteiger charge is -2.37. The minimum absolute atomic E-state index is 0. The highest BCUT2D eigenvalue weighted by Crippen LogP contribution is 2.53. The molecule has 2 atom stereocenters. The van der Waals surface area contributed by atoms with E-state index in [-0.39, 0.29) is 62.3 Å². The number of hydrogen-bond acceptors (Lipinski definition) is 11. The molecule has 2 unspecified atom stereocenters. The van der Waals surface area contributed by atoms with Crippen molar-refractivity contribution in [1.82, 2.24) is 0 Å². The van der Waals surface area contributed by atoms with Crippen LogP contribution in [0.1, 0.15) is 148 Å². The lowest BCUT2D eigenvalue weighted by molar-refractivity contribution is -0.138. The molecule has 6 aliphatic rings. The highest BCUT2D eigenvalue weighted by Gasteiger charge is 2.52. The van der Waals surface area contributed by atoms with Crippen molar-refractivity contribution in [2.24, 2.45) is 10.8 Å². The van der Waals surface area contributed by atoms with Crippen molar-refractivity contribution in [2.75, 3.05) is 30.3 Å². The molecule has 13 heteroatoms. The van der Waals surface area contributed by atoms with Gasteiger partial charge in [0, 0.05) is 55.7 Å². The molecule has 10 rings (SSSR count). The van der Waals surface area contributed by atoms with Crippen molar-refractivity contribution in [3.63, 3.8) is 0 Å². The molecule has 4 aliphatic heterocycles. The molecule has 0 spiro atoms. The van der Waals surface area contributed by atoms with E-state index in [0.29, 0.717) is 43.4 Å². The maximum atomic E-state index is 13.5. The zero-order valence-corrected chi connectivity index (χ0v) is 42.8. The molecule has 388 valence electrons. The Hall–Kier alpha value is -6.37. The summed E-state index contributed by atoms with van der Waals surface area (Å²) in [4.78, 5) is 59.1. The van der Waals surface area contributed by atoms with E-state index in [1.54, 1.807) is 0 Å². The Morgan fingerprint density at radius 2 is 1.15 bits per heavy atom. The molecule has 0 radical (unpaired) electrons. The van der Waals surface area contributed by atoms with Gasteiger partial charge < -0.3 is 44.2 Å². The average Bonchev–Trinajstić information content (AvgIpc) is 4.06. The number of Topliss-reactive ketones (excluding diaryl/α,β-unsaturated/α-hetero) is 2. The number of carbonyl (C=O) groups excluding carboxylic acids is 3. The zero-order chi connectivity index (χ0) is 51.3. The van der Waals surface area contributed by atoms with Gasteiger partial charge in [0.2, 0.25) is 13.6 Å². The summed E-state index contributed by atoms with van der Waals surface area (Å²) in [6.45, 7) is 18.7. The van der Waals surface area contributed by atoms with Crippen LogP contribution < -0.4 is 29.2 Å². The summed E-state index contributed by atoms with van der Waals surface area (Å²) in [6.07, 6.45) is 7.90. The van der Waals surface area contributed by atoms with Crippen LogP contribution in [0.15, 0.2) is 72.8 Å². The Kier molecular flexibility index (Phi) is 17.2. The zero-order valence-electron chi connectivity index (χ0n) is 42.8. The number of nitrogens with zero attached hydrogens (tertiary/aromatic N) is 1. The number of benzene rings is 4.